The quantitative estimate of drug-likeness (QED) is 0.247. The van der Waals surface area contributed by atoms with E-state index >= 15 is 0 Å². The highest BCUT2D eigenvalue weighted by molar-refractivity contribution is 5.69. The summed E-state index contributed by atoms with van der Waals surface area (Å²) in [4.78, 5) is 14.7. The van der Waals surface area contributed by atoms with E-state index in [1.54, 1.807) is 0 Å². The minimum absolute atomic E-state index is 0.0993. The van der Waals surface area contributed by atoms with Gasteiger partial charge in [-0.25, -0.2) is 4.79 Å². The zero-order chi connectivity index (χ0) is 24.8. The van der Waals surface area contributed by atoms with Crippen molar-refractivity contribution in [1.82, 2.24) is 4.90 Å². The highest BCUT2D eigenvalue weighted by Gasteiger charge is 2.48. The predicted octanol–water partition coefficient (Wildman–Crippen LogP) is 7.40. The van der Waals surface area contributed by atoms with Crippen LogP contribution in [-0.2, 0) is 16.1 Å². The van der Waals surface area contributed by atoms with Crippen LogP contribution >= 0.6 is 0 Å². The van der Waals surface area contributed by atoms with E-state index in [1.165, 1.54) is 77.0 Å². The SMILES string of the molecule is CCCCCCCCCCCCCCCC1(O)CC2COCC(C1)N2C(=O)OCc1ccccc1. The maximum absolute atomic E-state index is 12.8. The summed E-state index contributed by atoms with van der Waals surface area (Å²) in [5.74, 6) is 0. The molecule has 0 spiro atoms. The first-order valence-electron chi connectivity index (χ1n) is 14.4. The first-order valence-corrected chi connectivity index (χ1v) is 14.4. The van der Waals surface area contributed by atoms with Gasteiger partial charge in [-0.15, -0.1) is 0 Å². The monoisotopic (exact) mass is 487 g/mol. The number of benzene rings is 1. The molecule has 2 saturated heterocycles. The lowest BCUT2D eigenvalue weighted by Gasteiger charge is -2.51. The number of ether oxygens (including phenoxy) is 2. The molecule has 5 heteroatoms. The molecule has 1 aromatic rings. The van der Waals surface area contributed by atoms with Crippen LogP contribution in [-0.4, -0.2) is 47.0 Å². The lowest BCUT2D eigenvalue weighted by atomic mass is 9.78. The second kappa shape index (κ2) is 15.5. The van der Waals surface area contributed by atoms with Crippen LogP contribution in [0.25, 0.3) is 0 Å². The zero-order valence-corrected chi connectivity index (χ0v) is 22.1. The van der Waals surface area contributed by atoms with Crippen molar-refractivity contribution in [2.24, 2.45) is 0 Å². The van der Waals surface area contributed by atoms with Gasteiger partial charge in [0.2, 0.25) is 0 Å². The first-order chi connectivity index (χ1) is 17.1. The average Bonchev–Trinajstić information content (AvgIpc) is 2.85. The van der Waals surface area contributed by atoms with Crippen molar-refractivity contribution in [1.29, 1.82) is 0 Å². The Morgan fingerprint density at radius 3 is 1.94 bits per heavy atom. The number of piperidine rings is 1. The van der Waals surface area contributed by atoms with E-state index in [9.17, 15) is 9.90 Å². The molecule has 5 nitrogen and oxygen atoms in total. The number of hydrogen-bond acceptors (Lipinski definition) is 4. The van der Waals surface area contributed by atoms with Gasteiger partial charge in [-0.3, -0.25) is 4.90 Å². The van der Waals surface area contributed by atoms with Crippen LogP contribution in [0.3, 0.4) is 0 Å². The fourth-order valence-corrected chi connectivity index (χ4v) is 5.84. The summed E-state index contributed by atoms with van der Waals surface area (Å²) in [6.07, 6.45) is 19.0. The summed E-state index contributed by atoms with van der Waals surface area (Å²) >= 11 is 0. The third-order valence-corrected chi connectivity index (χ3v) is 7.80. The Labute approximate surface area is 213 Å². The van der Waals surface area contributed by atoms with Crippen LogP contribution < -0.4 is 0 Å². The maximum Gasteiger partial charge on any atom is 0.410 e. The number of carbonyl (C=O) groups excluding carboxylic acids is 1. The van der Waals surface area contributed by atoms with Crippen LogP contribution in [0, 0.1) is 0 Å². The average molecular weight is 488 g/mol. The van der Waals surface area contributed by atoms with E-state index < -0.39 is 5.60 Å². The second-order valence-electron chi connectivity index (χ2n) is 10.9. The molecule has 2 atom stereocenters. The Bertz CT molecular complexity index is 696. The number of rotatable bonds is 16. The molecule has 35 heavy (non-hydrogen) atoms. The molecule has 0 aliphatic carbocycles. The third kappa shape index (κ3) is 9.76. The van der Waals surface area contributed by atoms with Crippen molar-refractivity contribution < 1.29 is 19.4 Å². The zero-order valence-electron chi connectivity index (χ0n) is 22.1. The van der Waals surface area contributed by atoms with Crippen LogP contribution in [0.4, 0.5) is 4.79 Å². The third-order valence-electron chi connectivity index (χ3n) is 7.80. The van der Waals surface area contributed by atoms with Gasteiger partial charge in [-0.1, -0.05) is 121 Å². The Kier molecular flexibility index (Phi) is 12.4. The molecule has 0 radical (unpaired) electrons. The Morgan fingerprint density at radius 2 is 1.40 bits per heavy atom. The normalized spacial score (nSPS) is 23.9. The van der Waals surface area contributed by atoms with Crippen LogP contribution in [0.2, 0.25) is 0 Å². The van der Waals surface area contributed by atoms with Crippen molar-refractivity contribution in [3.05, 3.63) is 35.9 Å². The topological polar surface area (TPSA) is 59.0 Å². The summed E-state index contributed by atoms with van der Waals surface area (Å²) in [6.45, 7) is 3.52. The van der Waals surface area contributed by atoms with Crippen molar-refractivity contribution in [2.75, 3.05) is 13.2 Å². The molecule has 2 bridgehead atoms. The van der Waals surface area contributed by atoms with Crippen molar-refractivity contribution in [3.63, 3.8) is 0 Å². The molecular weight excluding hydrogens is 438 g/mol. The van der Waals surface area contributed by atoms with Gasteiger partial charge in [0.05, 0.1) is 30.9 Å². The molecular formula is C30H49NO4. The number of amides is 1. The summed E-state index contributed by atoms with van der Waals surface area (Å²) < 4.78 is 11.3. The molecule has 2 aliphatic heterocycles. The summed E-state index contributed by atoms with van der Waals surface area (Å²) in [5, 5.41) is 11.3. The second-order valence-corrected chi connectivity index (χ2v) is 10.9. The molecule has 3 rings (SSSR count). The summed E-state index contributed by atoms with van der Waals surface area (Å²) in [5.41, 5.74) is 0.297. The molecule has 2 aliphatic rings. The van der Waals surface area contributed by atoms with Crippen molar-refractivity contribution in [3.8, 4) is 0 Å². The van der Waals surface area contributed by atoms with Gasteiger partial charge in [-0.05, 0) is 24.8 Å². The smallest absolute Gasteiger partial charge is 0.410 e. The maximum atomic E-state index is 12.8. The Hall–Kier alpha value is -1.59. The number of hydrogen-bond donors (Lipinski definition) is 1. The minimum Gasteiger partial charge on any atom is -0.445 e. The van der Waals surface area contributed by atoms with E-state index in [-0.39, 0.29) is 24.8 Å². The molecule has 1 aromatic carbocycles. The van der Waals surface area contributed by atoms with Crippen LogP contribution in [0.15, 0.2) is 30.3 Å². The molecule has 198 valence electrons. The highest BCUT2D eigenvalue weighted by Crippen LogP contribution is 2.38. The number of nitrogens with zero attached hydrogens (tertiary/aromatic N) is 1. The van der Waals surface area contributed by atoms with Gasteiger partial charge in [0.15, 0.2) is 0 Å². The molecule has 2 heterocycles. The minimum atomic E-state index is -0.687. The predicted molar refractivity (Wildman–Crippen MR) is 141 cm³/mol. The van der Waals surface area contributed by atoms with Gasteiger partial charge < -0.3 is 14.6 Å². The van der Waals surface area contributed by atoms with Gasteiger partial charge in [0, 0.05) is 0 Å². The fourth-order valence-electron chi connectivity index (χ4n) is 5.84. The van der Waals surface area contributed by atoms with E-state index in [1.807, 2.05) is 35.2 Å². The number of aliphatic hydroxyl groups is 1. The van der Waals surface area contributed by atoms with Gasteiger partial charge in [0.1, 0.15) is 6.61 Å². The lowest BCUT2D eigenvalue weighted by Crippen LogP contribution is -2.63. The number of morpholine rings is 1. The van der Waals surface area contributed by atoms with E-state index in [0.717, 1.165) is 18.4 Å². The van der Waals surface area contributed by atoms with Gasteiger partial charge >= 0.3 is 6.09 Å². The first kappa shape index (κ1) is 28.0. The van der Waals surface area contributed by atoms with Crippen molar-refractivity contribution in [2.45, 2.75) is 134 Å². The molecule has 0 aromatic heterocycles. The summed E-state index contributed by atoms with van der Waals surface area (Å²) in [7, 11) is 0. The molecule has 2 unspecified atom stereocenters. The highest BCUT2D eigenvalue weighted by atomic mass is 16.6. The number of fused-ring (bicyclic) bond motifs is 2. The molecule has 1 N–H and O–H groups in total. The van der Waals surface area contributed by atoms with Crippen LogP contribution in [0.1, 0.15) is 115 Å². The van der Waals surface area contributed by atoms with Crippen molar-refractivity contribution >= 4 is 6.09 Å². The fraction of sp³-hybridized carbons (Fsp3) is 0.767. The van der Waals surface area contributed by atoms with Gasteiger partial charge in [-0.2, -0.15) is 0 Å². The molecule has 1 amide bonds. The Balaban J connectivity index is 1.28. The largest absolute Gasteiger partial charge is 0.445 e. The molecule has 2 fully saturated rings. The van der Waals surface area contributed by atoms with Gasteiger partial charge in [0.25, 0.3) is 0 Å². The lowest BCUT2D eigenvalue weighted by molar-refractivity contribution is -0.136. The van der Waals surface area contributed by atoms with E-state index in [2.05, 4.69) is 6.92 Å². The number of unbranched alkanes of at least 4 members (excludes halogenated alkanes) is 12. The summed E-state index contributed by atoms with van der Waals surface area (Å²) in [6, 6.07) is 9.57. The molecule has 0 saturated carbocycles. The van der Waals surface area contributed by atoms with E-state index in [0.29, 0.717) is 26.1 Å². The van der Waals surface area contributed by atoms with E-state index in [4.69, 9.17) is 9.47 Å². The number of carbonyl (C=O) groups is 1. The standard InChI is InChI=1S/C30H49NO4/c1-2-3-4-5-6-7-8-9-10-11-12-13-17-20-30(33)21-27-24-34-25-28(22-30)31(27)29(32)35-23-26-18-15-14-16-19-26/h14-16,18-19,27-28,33H,2-13,17,20-25H2,1H3. The Morgan fingerprint density at radius 1 is 0.886 bits per heavy atom. The van der Waals surface area contributed by atoms with Crippen LogP contribution in [0.5, 0.6) is 0 Å².